The maximum Gasteiger partial charge on any atom is 0.410 e. The topological polar surface area (TPSA) is 155 Å². The van der Waals surface area contributed by atoms with E-state index in [1.807, 2.05) is 39.3 Å². The molecule has 1 aliphatic carbocycles. The van der Waals surface area contributed by atoms with Gasteiger partial charge in [0.2, 0.25) is 11.8 Å². The number of nitrogens with one attached hydrogen (secondary N) is 1. The predicted molar refractivity (Wildman–Crippen MR) is 183 cm³/mol. The van der Waals surface area contributed by atoms with Gasteiger partial charge in [-0.25, -0.2) is 19.2 Å². The third-order valence-electron chi connectivity index (χ3n) is 8.99. The molecule has 5 rings (SSSR count). The van der Waals surface area contributed by atoms with Crippen molar-refractivity contribution in [1.29, 1.82) is 0 Å². The molecule has 0 aromatic carbocycles. The van der Waals surface area contributed by atoms with Gasteiger partial charge in [-0.1, -0.05) is 17.7 Å². The van der Waals surface area contributed by atoms with Gasteiger partial charge in [-0.05, 0) is 97.8 Å². The van der Waals surface area contributed by atoms with Crippen molar-refractivity contribution in [2.24, 2.45) is 5.41 Å². The van der Waals surface area contributed by atoms with E-state index in [0.717, 1.165) is 12.8 Å². The molecule has 0 radical (unpaired) electrons. The van der Waals surface area contributed by atoms with Crippen LogP contribution in [-0.2, 0) is 14.8 Å². The van der Waals surface area contributed by atoms with Crippen LogP contribution in [0, 0.1) is 5.41 Å². The number of carbonyl (C=O) groups is 2. The number of alkyl halides is 3. The molecule has 2 amide bonds. The van der Waals surface area contributed by atoms with Crippen LogP contribution in [0.4, 0.5) is 18.0 Å². The molecular weight excluding hydrogens is 729 g/mol. The SMILES string of the molecule is CC(C)(C)OC(=O)N1C(CCCOc2cccc(S(=O)(=O)NC(=O)c3ccc(-n4ccc(OCCC5(C(F)(F)F)CC5)n4)nc3Cl)n2)CCC1(C)C. The molecule has 3 aromatic heterocycles. The van der Waals surface area contributed by atoms with Crippen LogP contribution in [0.1, 0.15) is 89.9 Å². The normalized spacial score (nSPS) is 18.2. The third kappa shape index (κ3) is 9.26. The Morgan fingerprint density at radius 3 is 2.37 bits per heavy atom. The van der Waals surface area contributed by atoms with E-state index in [2.05, 4.69) is 15.1 Å². The summed E-state index contributed by atoms with van der Waals surface area (Å²) in [6, 6.07) is 8.14. The first-order chi connectivity index (χ1) is 24.2. The number of hydrogen-bond donors (Lipinski definition) is 1. The summed E-state index contributed by atoms with van der Waals surface area (Å²) in [5.74, 6) is -0.807. The van der Waals surface area contributed by atoms with E-state index in [0.29, 0.717) is 12.8 Å². The van der Waals surface area contributed by atoms with E-state index < -0.39 is 38.1 Å². The second-order valence-corrected chi connectivity index (χ2v) is 16.6. The van der Waals surface area contributed by atoms with Crippen molar-refractivity contribution >= 4 is 33.6 Å². The van der Waals surface area contributed by atoms with Crippen molar-refractivity contribution in [1.82, 2.24) is 29.4 Å². The monoisotopic (exact) mass is 770 g/mol. The summed E-state index contributed by atoms with van der Waals surface area (Å²) in [5.41, 5.74) is -2.91. The van der Waals surface area contributed by atoms with Gasteiger partial charge in [0.05, 0.1) is 24.2 Å². The van der Waals surface area contributed by atoms with E-state index in [1.165, 1.54) is 47.3 Å². The lowest BCUT2D eigenvalue weighted by Crippen LogP contribution is -2.49. The molecule has 2 fully saturated rings. The predicted octanol–water partition coefficient (Wildman–Crippen LogP) is 6.88. The molecule has 0 bridgehead atoms. The van der Waals surface area contributed by atoms with Crippen LogP contribution in [0.25, 0.3) is 5.82 Å². The molecule has 2 aliphatic rings. The summed E-state index contributed by atoms with van der Waals surface area (Å²) >= 11 is 6.24. The Labute approximate surface area is 305 Å². The van der Waals surface area contributed by atoms with Crippen LogP contribution in [0.5, 0.6) is 11.8 Å². The van der Waals surface area contributed by atoms with Crippen LogP contribution in [0.2, 0.25) is 5.15 Å². The van der Waals surface area contributed by atoms with Crippen LogP contribution in [0.15, 0.2) is 47.6 Å². The van der Waals surface area contributed by atoms with Crippen molar-refractivity contribution in [3.05, 3.63) is 53.3 Å². The Hall–Kier alpha value is -4.12. The first kappa shape index (κ1) is 39.1. The number of hydrogen-bond acceptors (Lipinski definition) is 10. The molecular formula is C34H42ClF3N6O7S. The zero-order valence-corrected chi connectivity index (χ0v) is 31.1. The summed E-state index contributed by atoms with van der Waals surface area (Å²) in [6.45, 7) is 9.53. The lowest BCUT2D eigenvalue weighted by atomic mass is 10.0. The fourth-order valence-corrected chi connectivity index (χ4v) is 7.17. The largest absolute Gasteiger partial charge is 0.478 e. The number of likely N-dealkylation sites (tertiary alicyclic amines) is 1. The first-order valence-corrected chi connectivity index (χ1v) is 18.7. The Morgan fingerprint density at radius 2 is 1.71 bits per heavy atom. The number of pyridine rings is 2. The van der Waals surface area contributed by atoms with Crippen LogP contribution < -0.4 is 14.2 Å². The molecule has 0 spiro atoms. The average molecular weight is 771 g/mol. The van der Waals surface area contributed by atoms with Gasteiger partial charge < -0.3 is 19.1 Å². The maximum absolute atomic E-state index is 13.2. The van der Waals surface area contributed by atoms with Gasteiger partial charge in [-0.3, -0.25) is 4.79 Å². The maximum atomic E-state index is 13.2. The van der Waals surface area contributed by atoms with Gasteiger partial charge in [0, 0.05) is 29.9 Å². The van der Waals surface area contributed by atoms with Gasteiger partial charge in [0.25, 0.3) is 15.9 Å². The van der Waals surface area contributed by atoms with E-state index >= 15 is 0 Å². The summed E-state index contributed by atoms with van der Waals surface area (Å²) in [6.07, 6.45) is -0.355. The number of halogens is 4. The summed E-state index contributed by atoms with van der Waals surface area (Å²) in [5, 5.41) is 3.35. The minimum Gasteiger partial charge on any atom is -0.478 e. The molecule has 1 aliphatic heterocycles. The highest BCUT2D eigenvalue weighted by molar-refractivity contribution is 7.90. The molecule has 4 heterocycles. The van der Waals surface area contributed by atoms with Crippen LogP contribution in [-0.4, -0.2) is 81.6 Å². The molecule has 18 heteroatoms. The van der Waals surface area contributed by atoms with Crippen molar-refractivity contribution in [3.8, 4) is 17.6 Å². The molecule has 1 saturated carbocycles. The van der Waals surface area contributed by atoms with E-state index in [4.69, 9.17) is 25.8 Å². The van der Waals surface area contributed by atoms with Gasteiger partial charge in [-0.2, -0.15) is 26.6 Å². The van der Waals surface area contributed by atoms with E-state index in [9.17, 15) is 31.2 Å². The molecule has 1 N–H and O–H groups in total. The average Bonchev–Trinajstić information content (AvgIpc) is 3.58. The van der Waals surface area contributed by atoms with E-state index in [-0.39, 0.29) is 78.4 Å². The second-order valence-electron chi connectivity index (χ2n) is 14.6. The zero-order chi connectivity index (χ0) is 38.1. The fourth-order valence-electron chi connectivity index (χ4n) is 6.01. The Balaban J connectivity index is 1.13. The van der Waals surface area contributed by atoms with Crippen molar-refractivity contribution < 1.29 is 45.4 Å². The van der Waals surface area contributed by atoms with Gasteiger partial charge >= 0.3 is 12.3 Å². The number of rotatable bonds is 13. The first-order valence-electron chi connectivity index (χ1n) is 16.8. The highest BCUT2D eigenvalue weighted by atomic mass is 35.5. The lowest BCUT2D eigenvalue weighted by Gasteiger charge is -2.37. The summed E-state index contributed by atoms with van der Waals surface area (Å²) < 4.78 is 85.6. The summed E-state index contributed by atoms with van der Waals surface area (Å²) in [7, 11) is -4.46. The van der Waals surface area contributed by atoms with Crippen LogP contribution in [0.3, 0.4) is 0 Å². The van der Waals surface area contributed by atoms with Crippen LogP contribution >= 0.6 is 11.6 Å². The number of aromatic nitrogens is 4. The number of ether oxygens (including phenoxy) is 3. The number of amides is 2. The number of carbonyl (C=O) groups excluding carboxylic acids is 2. The van der Waals surface area contributed by atoms with Crippen molar-refractivity contribution in [2.45, 2.75) is 108 Å². The highest BCUT2D eigenvalue weighted by Gasteiger charge is 2.62. The van der Waals surface area contributed by atoms with Gasteiger partial charge in [0.1, 0.15) is 10.8 Å². The van der Waals surface area contributed by atoms with E-state index in [1.54, 1.807) is 4.90 Å². The third-order valence-corrected chi connectivity index (χ3v) is 10.5. The minimum atomic E-state index is -4.46. The molecule has 1 atom stereocenters. The Kier molecular flexibility index (Phi) is 11.1. The second kappa shape index (κ2) is 14.7. The van der Waals surface area contributed by atoms with Gasteiger partial charge in [-0.15, -0.1) is 5.10 Å². The standard InChI is InChI=1S/C34H42ClF3N6O7S/c1-31(2,3)51-30(46)44-22(13-15-32(44,4)5)8-7-20-49-25-9-6-10-27(40-25)52(47,48)42-29(45)23-11-12-24(39-28(23)35)43-19-14-26(41-43)50-21-18-33(16-17-33)34(36,37)38/h6,9-12,14,19,22H,7-8,13,15-18,20-21H2,1-5H3,(H,42,45). The summed E-state index contributed by atoms with van der Waals surface area (Å²) in [4.78, 5) is 35.9. The van der Waals surface area contributed by atoms with Gasteiger partial charge in [0.15, 0.2) is 10.8 Å². The molecule has 1 saturated heterocycles. The van der Waals surface area contributed by atoms with Crippen molar-refractivity contribution in [3.63, 3.8) is 0 Å². The molecule has 52 heavy (non-hydrogen) atoms. The Morgan fingerprint density at radius 1 is 1.00 bits per heavy atom. The lowest BCUT2D eigenvalue weighted by molar-refractivity contribution is -0.190. The quantitative estimate of drug-likeness (QED) is 0.144. The highest BCUT2D eigenvalue weighted by Crippen LogP contribution is 2.59. The molecule has 13 nitrogen and oxygen atoms in total. The smallest absolute Gasteiger partial charge is 0.410 e. The minimum absolute atomic E-state index is 0.0325. The fraction of sp³-hybridized carbons (Fsp3) is 0.559. The Bertz CT molecular complexity index is 1890. The molecule has 284 valence electrons. The number of sulfonamides is 1. The number of nitrogens with zero attached hydrogens (tertiary/aromatic N) is 5. The molecule has 1 unspecified atom stereocenters. The molecule has 3 aromatic rings. The van der Waals surface area contributed by atoms with Crippen molar-refractivity contribution in [2.75, 3.05) is 13.2 Å². The zero-order valence-electron chi connectivity index (χ0n) is 29.5.